The lowest BCUT2D eigenvalue weighted by Gasteiger charge is -1.99. The summed E-state index contributed by atoms with van der Waals surface area (Å²) in [5.74, 6) is 0.704. The van der Waals surface area contributed by atoms with Crippen molar-refractivity contribution in [3.05, 3.63) is 5.82 Å². The van der Waals surface area contributed by atoms with E-state index in [4.69, 9.17) is 5.11 Å². The Morgan fingerprint density at radius 1 is 1.70 bits per heavy atom. The highest BCUT2D eigenvalue weighted by Crippen LogP contribution is 1.94. The van der Waals surface area contributed by atoms with E-state index in [9.17, 15) is 0 Å². The van der Waals surface area contributed by atoms with E-state index >= 15 is 0 Å². The van der Waals surface area contributed by atoms with Crippen LogP contribution >= 0.6 is 0 Å². The number of aryl methyl sites for hydroxylation is 1. The van der Waals surface area contributed by atoms with Crippen molar-refractivity contribution in [1.29, 1.82) is 0 Å². The molecule has 1 atom stereocenters. The van der Waals surface area contributed by atoms with E-state index in [0.29, 0.717) is 12.2 Å². The molecular weight excluding hydrogens is 132 g/mol. The topological polar surface area (TPSA) is 63.8 Å². The minimum atomic E-state index is -0.385. The Kier molecular flexibility index (Phi) is 1.96. The molecule has 0 aliphatic carbocycles. The minimum absolute atomic E-state index is 0.385. The predicted molar refractivity (Wildman–Crippen MR) is 34.2 cm³/mol. The van der Waals surface area contributed by atoms with Crippen LogP contribution in [0, 0.1) is 0 Å². The highest BCUT2D eigenvalue weighted by molar-refractivity contribution is 4.81. The lowest BCUT2D eigenvalue weighted by molar-refractivity contribution is 0.191. The number of tetrazole rings is 1. The quantitative estimate of drug-likeness (QED) is 0.583. The van der Waals surface area contributed by atoms with Crippen LogP contribution in [0.4, 0.5) is 0 Å². The second-order valence-electron chi connectivity index (χ2n) is 2.27. The molecule has 1 N–H and O–H groups in total. The number of hydrogen-bond acceptors (Lipinski definition) is 4. The Morgan fingerprint density at radius 2 is 2.40 bits per heavy atom. The second-order valence-corrected chi connectivity index (χ2v) is 2.27. The third kappa shape index (κ3) is 1.51. The van der Waals surface area contributed by atoms with E-state index in [1.165, 1.54) is 0 Å². The summed E-state index contributed by atoms with van der Waals surface area (Å²) in [6.07, 6.45) is 0.119. The molecule has 5 heteroatoms. The predicted octanol–water partition coefficient (Wildman–Crippen LogP) is -0.867. The van der Waals surface area contributed by atoms with Crippen LogP contribution in [0.3, 0.4) is 0 Å². The van der Waals surface area contributed by atoms with E-state index in [2.05, 4.69) is 15.5 Å². The van der Waals surface area contributed by atoms with Crippen LogP contribution in [0.1, 0.15) is 12.7 Å². The van der Waals surface area contributed by atoms with Gasteiger partial charge in [0.1, 0.15) is 0 Å². The zero-order chi connectivity index (χ0) is 7.56. The first kappa shape index (κ1) is 7.14. The van der Waals surface area contributed by atoms with Crippen LogP contribution in [0.25, 0.3) is 0 Å². The van der Waals surface area contributed by atoms with Crippen molar-refractivity contribution in [2.24, 2.45) is 7.05 Å². The summed E-state index contributed by atoms with van der Waals surface area (Å²) in [6.45, 7) is 1.70. The molecule has 1 aromatic rings. The van der Waals surface area contributed by atoms with E-state index in [0.717, 1.165) is 0 Å². The molecule has 0 radical (unpaired) electrons. The monoisotopic (exact) mass is 142 g/mol. The normalized spacial score (nSPS) is 13.5. The summed E-state index contributed by atoms with van der Waals surface area (Å²) in [7, 11) is 1.75. The van der Waals surface area contributed by atoms with Crippen molar-refractivity contribution < 1.29 is 5.11 Å². The molecule has 0 saturated heterocycles. The van der Waals surface area contributed by atoms with Gasteiger partial charge >= 0.3 is 0 Å². The molecule has 0 aliphatic heterocycles. The second kappa shape index (κ2) is 2.74. The summed E-state index contributed by atoms with van der Waals surface area (Å²) in [4.78, 5) is 0. The molecule has 5 nitrogen and oxygen atoms in total. The zero-order valence-electron chi connectivity index (χ0n) is 6.02. The number of nitrogens with zero attached hydrogens (tertiary/aromatic N) is 4. The van der Waals surface area contributed by atoms with E-state index in [-0.39, 0.29) is 6.10 Å². The molecule has 1 rings (SSSR count). The fraction of sp³-hybridized carbons (Fsp3) is 0.800. The van der Waals surface area contributed by atoms with Gasteiger partial charge in [0.25, 0.3) is 0 Å². The first-order valence-corrected chi connectivity index (χ1v) is 3.09. The largest absolute Gasteiger partial charge is 0.393 e. The Bertz CT molecular complexity index is 207. The van der Waals surface area contributed by atoms with Crippen LogP contribution in [-0.4, -0.2) is 31.4 Å². The van der Waals surface area contributed by atoms with Gasteiger partial charge in [-0.05, 0) is 17.4 Å². The zero-order valence-corrected chi connectivity index (χ0v) is 6.02. The van der Waals surface area contributed by atoms with Gasteiger partial charge in [-0.15, -0.1) is 5.10 Å². The van der Waals surface area contributed by atoms with Gasteiger partial charge in [0.15, 0.2) is 5.82 Å². The SMILES string of the molecule is CC(O)Cc1nnnn1C. The molecule has 1 aromatic heterocycles. The van der Waals surface area contributed by atoms with Crippen LogP contribution in [-0.2, 0) is 13.5 Å². The van der Waals surface area contributed by atoms with E-state index < -0.39 is 0 Å². The minimum Gasteiger partial charge on any atom is -0.393 e. The molecule has 10 heavy (non-hydrogen) atoms. The molecule has 0 spiro atoms. The fourth-order valence-corrected chi connectivity index (χ4v) is 0.685. The average molecular weight is 142 g/mol. The Morgan fingerprint density at radius 3 is 2.80 bits per heavy atom. The number of hydrogen-bond donors (Lipinski definition) is 1. The maximum atomic E-state index is 8.94. The first-order valence-electron chi connectivity index (χ1n) is 3.09. The lowest BCUT2D eigenvalue weighted by atomic mass is 10.3. The number of aliphatic hydroxyl groups is 1. The molecule has 0 saturated carbocycles. The van der Waals surface area contributed by atoms with Crippen molar-refractivity contribution >= 4 is 0 Å². The summed E-state index contributed by atoms with van der Waals surface area (Å²) in [5, 5.41) is 19.7. The maximum absolute atomic E-state index is 8.94. The molecule has 56 valence electrons. The summed E-state index contributed by atoms with van der Waals surface area (Å²) in [5.41, 5.74) is 0. The van der Waals surface area contributed by atoms with Crippen molar-refractivity contribution in [2.45, 2.75) is 19.4 Å². The van der Waals surface area contributed by atoms with Gasteiger partial charge in [-0.3, -0.25) is 0 Å². The van der Waals surface area contributed by atoms with Crippen molar-refractivity contribution in [3.63, 3.8) is 0 Å². The van der Waals surface area contributed by atoms with Gasteiger partial charge in [-0.2, -0.15) is 0 Å². The average Bonchev–Trinajstić information content (AvgIpc) is 2.15. The third-order valence-electron chi connectivity index (χ3n) is 1.19. The molecule has 1 unspecified atom stereocenters. The number of aromatic nitrogens is 4. The number of rotatable bonds is 2. The van der Waals surface area contributed by atoms with Crippen LogP contribution in [0.15, 0.2) is 0 Å². The molecule has 0 aromatic carbocycles. The molecule has 0 amide bonds. The van der Waals surface area contributed by atoms with Crippen molar-refractivity contribution in [1.82, 2.24) is 20.2 Å². The van der Waals surface area contributed by atoms with Gasteiger partial charge in [-0.1, -0.05) is 0 Å². The molecule has 0 fully saturated rings. The molecule has 0 bridgehead atoms. The summed E-state index contributed by atoms with van der Waals surface area (Å²) in [6, 6.07) is 0. The van der Waals surface area contributed by atoms with Gasteiger partial charge in [0.05, 0.1) is 6.10 Å². The van der Waals surface area contributed by atoms with E-state index in [1.54, 1.807) is 18.7 Å². The smallest absolute Gasteiger partial charge is 0.153 e. The van der Waals surface area contributed by atoms with Gasteiger partial charge < -0.3 is 5.11 Å². The fourth-order valence-electron chi connectivity index (χ4n) is 0.685. The Hall–Kier alpha value is -0.970. The molecule has 0 aliphatic rings. The Labute approximate surface area is 58.7 Å². The van der Waals surface area contributed by atoms with Crippen LogP contribution in [0.2, 0.25) is 0 Å². The Balaban J connectivity index is 2.65. The summed E-state index contributed by atoms with van der Waals surface area (Å²) >= 11 is 0. The third-order valence-corrected chi connectivity index (χ3v) is 1.19. The first-order chi connectivity index (χ1) is 4.70. The van der Waals surface area contributed by atoms with E-state index in [1.807, 2.05) is 0 Å². The van der Waals surface area contributed by atoms with Crippen LogP contribution < -0.4 is 0 Å². The molecular formula is C5H10N4O. The van der Waals surface area contributed by atoms with Gasteiger partial charge in [-0.25, -0.2) is 4.68 Å². The molecule has 1 heterocycles. The van der Waals surface area contributed by atoms with Crippen LogP contribution in [0.5, 0.6) is 0 Å². The highest BCUT2D eigenvalue weighted by atomic mass is 16.3. The maximum Gasteiger partial charge on any atom is 0.153 e. The highest BCUT2D eigenvalue weighted by Gasteiger charge is 2.04. The van der Waals surface area contributed by atoms with Crippen molar-refractivity contribution in [2.75, 3.05) is 0 Å². The van der Waals surface area contributed by atoms with Crippen molar-refractivity contribution in [3.8, 4) is 0 Å². The van der Waals surface area contributed by atoms with Gasteiger partial charge in [0, 0.05) is 13.5 Å². The lowest BCUT2D eigenvalue weighted by Crippen LogP contribution is -2.09. The summed E-state index contributed by atoms with van der Waals surface area (Å²) < 4.78 is 1.55. The standard InChI is InChI=1S/C5H10N4O/c1-4(10)3-5-6-7-8-9(5)2/h4,10H,3H2,1-2H3. The van der Waals surface area contributed by atoms with Gasteiger partial charge in [0.2, 0.25) is 0 Å². The number of aliphatic hydroxyl groups excluding tert-OH is 1.